The Bertz CT molecular complexity index is 544. The smallest absolute Gasteiger partial charge is 0.130 e. The van der Waals surface area contributed by atoms with E-state index in [4.69, 9.17) is 4.74 Å². The number of methoxy groups -OCH3 is 1. The molecule has 23 heavy (non-hydrogen) atoms. The van der Waals surface area contributed by atoms with Crippen LogP contribution in [0.15, 0.2) is 18.2 Å². The summed E-state index contributed by atoms with van der Waals surface area (Å²) in [5.74, 6) is -0.370. The average molecular weight is 324 g/mol. The van der Waals surface area contributed by atoms with Crippen LogP contribution in [0.25, 0.3) is 0 Å². The zero-order valence-corrected chi connectivity index (χ0v) is 14.0. The summed E-state index contributed by atoms with van der Waals surface area (Å²) >= 11 is 0. The summed E-state index contributed by atoms with van der Waals surface area (Å²) in [6.45, 7) is 5.53. The molecule has 3 rings (SSSR count). The molecule has 1 unspecified atom stereocenters. The summed E-state index contributed by atoms with van der Waals surface area (Å²) in [7, 11) is 3.95. The minimum absolute atomic E-state index is 0.336. The lowest BCUT2D eigenvalue weighted by atomic mass is 9.71. The SMILES string of the molecule is COCC1CN(C)CC12CCN(Cc1ccc(F)cc1F)CC2. The zero-order chi connectivity index (χ0) is 16.4. The molecule has 1 aromatic rings. The van der Waals surface area contributed by atoms with Gasteiger partial charge in [-0.25, -0.2) is 8.78 Å². The highest BCUT2D eigenvalue weighted by Gasteiger charge is 2.46. The predicted molar refractivity (Wildman–Crippen MR) is 86.2 cm³/mol. The summed E-state index contributed by atoms with van der Waals surface area (Å²) in [6, 6.07) is 3.87. The molecule has 5 heteroatoms. The van der Waals surface area contributed by atoms with Crippen LogP contribution in [0.3, 0.4) is 0 Å². The zero-order valence-electron chi connectivity index (χ0n) is 14.0. The fourth-order valence-electron chi connectivity index (χ4n) is 4.35. The molecule has 1 spiro atoms. The van der Waals surface area contributed by atoms with Crippen LogP contribution in [0.4, 0.5) is 8.78 Å². The van der Waals surface area contributed by atoms with Gasteiger partial charge in [-0.3, -0.25) is 4.90 Å². The van der Waals surface area contributed by atoms with E-state index in [-0.39, 0.29) is 0 Å². The maximum atomic E-state index is 13.8. The van der Waals surface area contributed by atoms with Crippen molar-refractivity contribution in [3.63, 3.8) is 0 Å². The van der Waals surface area contributed by atoms with Crippen molar-refractivity contribution in [3.8, 4) is 0 Å². The first-order valence-corrected chi connectivity index (χ1v) is 8.36. The van der Waals surface area contributed by atoms with Crippen molar-refractivity contribution >= 4 is 0 Å². The minimum Gasteiger partial charge on any atom is -0.384 e. The molecule has 0 aliphatic carbocycles. The number of halogens is 2. The Kier molecular flexibility index (Phi) is 4.99. The lowest BCUT2D eigenvalue weighted by Crippen LogP contribution is -2.44. The molecule has 2 aliphatic heterocycles. The number of nitrogens with zero attached hydrogens (tertiary/aromatic N) is 2. The van der Waals surface area contributed by atoms with Crippen LogP contribution >= 0.6 is 0 Å². The van der Waals surface area contributed by atoms with E-state index in [1.165, 1.54) is 6.07 Å². The van der Waals surface area contributed by atoms with E-state index < -0.39 is 11.6 Å². The summed E-state index contributed by atoms with van der Waals surface area (Å²) < 4.78 is 32.3. The largest absolute Gasteiger partial charge is 0.384 e. The minimum atomic E-state index is -0.514. The molecule has 0 N–H and O–H groups in total. The second-order valence-electron chi connectivity index (χ2n) is 7.22. The van der Waals surface area contributed by atoms with Crippen molar-refractivity contribution < 1.29 is 13.5 Å². The Morgan fingerprint density at radius 2 is 2.00 bits per heavy atom. The number of hydrogen-bond donors (Lipinski definition) is 0. The topological polar surface area (TPSA) is 15.7 Å². The van der Waals surface area contributed by atoms with Gasteiger partial charge in [-0.15, -0.1) is 0 Å². The second kappa shape index (κ2) is 6.83. The van der Waals surface area contributed by atoms with Crippen molar-refractivity contribution in [2.24, 2.45) is 11.3 Å². The Hall–Kier alpha value is -1.04. The van der Waals surface area contributed by atoms with Gasteiger partial charge in [0.2, 0.25) is 0 Å². The molecule has 2 aliphatic rings. The maximum Gasteiger partial charge on any atom is 0.130 e. The van der Waals surface area contributed by atoms with E-state index in [2.05, 4.69) is 16.8 Å². The van der Waals surface area contributed by atoms with Crippen LogP contribution in [0.2, 0.25) is 0 Å². The summed E-state index contributed by atoms with van der Waals surface area (Å²) in [4.78, 5) is 4.68. The maximum absolute atomic E-state index is 13.8. The van der Waals surface area contributed by atoms with Gasteiger partial charge in [-0.2, -0.15) is 0 Å². The van der Waals surface area contributed by atoms with E-state index in [0.717, 1.165) is 51.7 Å². The lowest BCUT2D eigenvalue weighted by Gasteiger charge is -2.42. The third-order valence-electron chi connectivity index (χ3n) is 5.61. The molecule has 1 aromatic carbocycles. The van der Waals surface area contributed by atoms with Crippen LogP contribution in [0.5, 0.6) is 0 Å². The van der Waals surface area contributed by atoms with Gasteiger partial charge in [0.1, 0.15) is 11.6 Å². The van der Waals surface area contributed by atoms with E-state index in [0.29, 0.717) is 23.4 Å². The second-order valence-corrected chi connectivity index (χ2v) is 7.22. The molecule has 0 radical (unpaired) electrons. The van der Waals surface area contributed by atoms with Crippen molar-refractivity contribution in [2.45, 2.75) is 19.4 Å². The van der Waals surface area contributed by atoms with E-state index in [1.807, 2.05) is 0 Å². The summed E-state index contributed by atoms with van der Waals surface area (Å²) in [5, 5.41) is 0. The van der Waals surface area contributed by atoms with Crippen LogP contribution < -0.4 is 0 Å². The number of ether oxygens (including phenoxy) is 1. The quantitative estimate of drug-likeness (QED) is 0.847. The molecule has 2 heterocycles. The first-order valence-electron chi connectivity index (χ1n) is 8.36. The highest BCUT2D eigenvalue weighted by Crippen LogP contribution is 2.44. The van der Waals surface area contributed by atoms with Gasteiger partial charge >= 0.3 is 0 Å². The molecule has 2 fully saturated rings. The first kappa shape index (κ1) is 16.8. The Balaban J connectivity index is 1.61. The number of benzene rings is 1. The summed E-state index contributed by atoms with van der Waals surface area (Å²) in [5.41, 5.74) is 0.919. The van der Waals surface area contributed by atoms with E-state index in [9.17, 15) is 8.78 Å². The van der Waals surface area contributed by atoms with Crippen molar-refractivity contribution in [1.29, 1.82) is 0 Å². The van der Waals surface area contributed by atoms with Crippen LogP contribution in [-0.4, -0.2) is 56.7 Å². The van der Waals surface area contributed by atoms with Gasteiger partial charge in [0.25, 0.3) is 0 Å². The first-order chi connectivity index (χ1) is 11.0. The predicted octanol–water partition coefficient (Wildman–Crippen LogP) is 2.76. The van der Waals surface area contributed by atoms with Crippen molar-refractivity contribution in [2.75, 3.05) is 46.9 Å². The highest BCUT2D eigenvalue weighted by atomic mass is 19.1. The van der Waals surface area contributed by atoms with Crippen LogP contribution in [0.1, 0.15) is 18.4 Å². The molecule has 0 aromatic heterocycles. The van der Waals surface area contributed by atoms with E-state index >= 15 is 0 Å². The van der Waals surface area contributed by atoms with Crippen LogP contribution in [0, 0.1) is 23.0 Å². The van der Waals surface area contributed by atoms with Crippen LogP contribution in [-0.2, 0) is 11.3 Å². The highest BCUT2D eigenvalue weighted by molar-refractivity contribution is 5.18. The Morgan fingerprint density at radius 1 is 1.26 bits per heavy atom. The molecule has 3 nitrogen and oxygen atoms in total. The van der Waals surface area contributed by atoms with Gasteiger partial charge in [-0.05, 0) is 44.5 Å². The third-order valence-corrected chi connectivity index (χ3v) is 5.61. The number of likely N-dealkylation sites (tertiary alicyclic amines) is 2. The van der Waals surface area contributed by atoms with Crippen molar-refractivity contribution in [1.82, 2.24) is 9.80 Å². The normalized spacial score (nSPS) is 25.3. The standard InChI is InChI=1S/C18H26F2N2O/c1-21-11-15(12-23-2)18(13-21)5-7-22(8-6-18)10-14-3-4-16(19)9-17(14)20/h3-4,9,15H,5-8,10-13H2,1-2H3. The molecule has 0 amide bonds. The lowest BCUT2D eigenvalue weighted by molar-refractivity contribution is 0.0351. The fourth-order valence-corrected chi connectivity index (χ4v) is 4.35. The number of hydrogen-bond acceptors (Lipinski definition) is 3. The molecule has 128 valence electrons. The van der Waals surface area contributed by atoms with Crippen molar-refractivity contribution in [3.05, 3.63) is 35.4 Å². The monoisotopic (exact) mass is 324 g/mol. The van der Waals surface area contributed by atoms with Gasteiger partial charge in [-0.1, -0.05) is 6.07 Å². The van der Waals surface area contributed by atoms with E-state index in [1.54, 1.807) is 13.2 Å². The molecule has 1 atom stereocenters. The molecule has 0 bridgehead atoms. The number of rotatable bonds is 4. The fraction of sp³-hybridized carbons (Fsp3) is 0.667. The molecular formula is C18H26F2N2O. The Morgan fingerprint density at radius 3 is 2.65 bits per heavy atom. The Labute approximate surface area is 137 Å². The third kappa shape index (κ3) is 3.57. The van der Waals surface area contributed by atoms with Gasteiger partial charge < -0.3 is 9.64 Å². The van der Waals surface area contributed by atoms with Gasteiger partial charge in [0.05, 0.1) is 6.61 Å². The summed E-state index contributed by atoms with van der Waals surface area (Å²) in [6.07, 6.45) is 2.24. The van der Waals surface area contributed by atoms with Gasteiger partial charge in [0.15, 0.2) is 0 Å². The molecule has 2 saturated heterocycles. The van der Waals surface area contributed by atoms with Gasteiger partial charge in [0, 0.05) is 44.3 Å². The molecule has 0 saturated carbocycles. The average Bonchev–Trinajstić information content (AvgIpc) is 2.80. The number of piperidine rings is 1. The molecular weight excluding hydrogens is 298 g/mol.